The molecule has 1 aliphatic heterocycles. The predicted octanol–water partition coefficient (Wildman–Crippen LogP) is -1.80. The smallest absolute Gasteiger partial charge is 0.317 e. The van der Waals surface area contributed by atoms with Crippen molar-refractivity contribution in [3.63, 3.8) is 0 Å². The number of amides is 3. The van der Waals surface area contributed by atoms with E-state index in [0.29, 0.717) is 5.75 Å². The fourth-order valence-electron chi connectivity index (χ4n) is 5.03. The number of carbonyl (C=O) groups is 6. The number of ether oxygens (including phenoxy) is 1. The van der Waals surface area contributed by atoms with E-state index in [0.717, 1.165) is 10.8 Å². The quantitative estimate of drug-likeness (QED) is 0.139. The van der Waals surface area contributed by atoms with E-state index in [2.05, 4.69) is 16.2 Å². The van der Waals surface area contributed by atoms with Gasteiger partial charge in [-0.1, -0.05) is 24.3 Å². The number of fused-ring (bicyclic) bond motifs is 1. The fraction of sp³-hybridized carbons (Fsp3) is 0.467. The number of methoxy groups -OCH3 is 1. The number of benzene rings is 2. The third-order valence-corrected chi connectivity index (χ3v) is 7.45. The summed E-state index contributed by atoms with van der Waals surface area (Å²) in [7, 11) is 1.43. The monoisotopic (exact) mass is 659 g/mol. The number of carbonyl (C=O) groups excluding carboxylic acids is 3. The van der Waals surface area contributed by atoms with Gasteiger partial charge in [0.1, 0.15) is 5.75 Å². The van der Waals surface area contributed by atoms with E-state index in [4.69, 9.17) is 4.74 Å². The number of carboxylic acid groups (broad SMARTS) is 3. The molecule has 2 aromatic carbocycles. The standard InChI is InChI=1S/C30H41N7O10/c1-47-24-15-22-5-3-2-4-21(22)14-23(24)30(46)33-32-25(38)16-31-26(39)17-34-6-8-35(18-27(40)41)10-12-37(20-29(44)45)13-11-36(9-7-34)19-28(42)43/h2-5,14-15H,6-13,16-20H2,1H3,(H,31,39)(H,32,38)(H,33,46)(H,40,41)(H,42,43)(H,44,45). The topological polar surface area (TPSA) is 221 Å². The van der Waals surface area contributed by atoms with Crippen LogP contribution in [0.15, 0.2) is 36.4 Å². The van der Waals surface area contributed by atoms with Crippen LogP contribution in [0.4, 0.5) is 0 Å². The maximum Gasteiger partial charge on any atom is 0.317 e. The van der Waals surface area contributed by atoms with Crippen molar-refractivity contribution in [2.45, 2.75) is 0 Å². The summed E-state index contributed by atoms with van der Waals surface area (Å²) in [6, 6.07) is 10.7. The van der Waals surface area contributed by atoms with Crippen LogP contribution in [0, 0.1) is 0 Å². The van der Waals surface area contributed by atoms with E-state index in [9.17, 15) is 44.1 Å². The van der Waals surface area contributed by atoms with Gasteiger partial charge in [-0.2, -0.15) is 0 Å². The summed E-state index contributed by atoms with van der Waals surface area (Å²) >= 11 is 0. The molecular formula is C30H41N7O10. The van der Waals surface area contributed by atoms with E-state index in [1.165, 1.54) is 7.11 Å². The van der Waals surface area contributed by atoms with Crippen LogP contribution < -0.4 is 20.9 Å². The SMILES string of the molecule is COc1cc2ccccc2cc1C(=O)NNC(=O)CNC(=O)CN1CCN(CC(=O)O)CCN(CC(=O)O)CCN(CC(=O)O)CC1. The predicted molar refractivity (Wildman–Crippen MR) is 168 cm³/mol. The van der Waals surface area contributed by atoms with Gasteiger partial charge in [-0.3, -0.25) is 59.2 Å². The average Bonchev–Trinajstić information content (AvgIpc) is 3.02. The van der Waals surface area contributed by atoms with E-state index < -0.39 is 42.2 Å². The lowest BCUT2D eigenvalue weighted by Gasteiger charge is -2.32. The van der Waals surface area contributed by atoms with Crippen molar-refractivity contribution < 1.29 is 48.8 Å². The molecular weight excluding hydrogens is 618 g/mol. The number of aliphatic carboxylic acids is 3. The first-order chi connectivity index (χ1) is 22.4. The summed E-state index contributed by atoms with van der Waals surface area (Å²) in [4.78, 5) is 78.9. The summed E-state index contributed by atoms with van der Waals surface area (Å²) in [6.45, 7) is 0.500. The number of hydrazine groups is 1. The maximum absolute atomic E-state index is 12.8. The first kappa shape index (κ1) is 36.6. The van der Waals surface area contributed by atoms with E-state index in [1.807, 2.05) is 24.3 Å². The zero-order chi connectivity index (χ0) is 34.3. The van der Waals surface area contributed by atoms with Crippen LogP contribution in [-0.4, -0.2) is 163 Å². The largest absolute Gasteiger partial charge is 0.496 e. The lowest BCUT2D eigenvalue weighted by molar-refractivity contribution is -0.140. The van der Waals surface area contributed by atoms with Gasteiger partial charge in [0.05, 0.1) is 45.4 Å². The molecule has 0 bridgehead atoms. The first-order valence-electron chi connectivity index (χ1n) is 14.9. The molecule has 17 nitrogen and oxygen atoms in total. The Hall–Kier alpha value is -4.84. The van der Waals surface area contributed by atoms with Crippen LogP contribution in [0.5, 0.6) is 5.75 Å². The number of rotatable bonds is 12. The molecule has 1 heterocycles. The van der Waals surface area contributed by atoms with E-state index in [-0.39, 0.29) is 84.1 Å². The Labute approximate surface area is 271 Å². The third kappa shape index (κ3) is 12.8. The molecule has 0 unspecified atom stereocenters. The van der Waals surface area contributed by atoms with E-state index in [1.54, 1.807) is 31.7 Å². The normalized spacial score (nSPS) is 15.9. The van der Waals surface area contributed by atoms with Gasteiger partial charge in [0, 0.05) is 52.4 Å². The Bertz CT molecular complexity index is 1410. The van der Waals surface area contributed by atoms with Crippen molar-refractivity contribution in [1.82, 2.24) is 35.8 Å². The highest BCUT2D eigenvalue weighted by molar-refractivity contribution is 6.02. The minimum atomic E-state index is -1.06. The third-order valence-electron chi connectivity index (χ3n) is 7.45. The second-order valence-electron chi connectivity index (χ2n) is 11.0. The molecule has 6 N–H and O–H groups in total. The minimum absolute atomic E-state index is 0.166. The van der Waals surface area contributed by atoms with Crippen molar-refractivity contribution >= 4 is 46.4 Å². The van der Waals surface area contributed by atoms with Gasteiger partial charge in [-0.25, -0.2) is 0 Å². The van der Waals surface area contributed by atoms with Gasteiger partial charge in [-0.05, 0) is 22.9 Å². The zero-order valence-electron chi connectivity index (χ0n) is 26.1. The number of nitrogens with one attached hydrogen (secondary N) is 3. The fourth-order valence-corrected chi connectivity index (χ4v) is 5.03. The molecule has 0 spiro atoms. The molecule has 3 amide bonds. The molecule has 0 aromatic heterocycles. The van der Waals surface area contributed by atoms with Crippen molar-refractivity contribution in [3.05, 3.63) is 42.0 Å². The molecule has 2 aromatic rings. The van der Waals surface area contributed by atoms with Gasteiger partial charge in [0.25, 0.3) is 11.8 Å². The second kappa shape index (κ2) is 18.3. The molecule has 1 fully saturated rings. The van der Waals surface area contributed by atoms with Gasteiger partial charge >= 0.3 is 17.9 Å². The molecule has 1 saturated heterocycles. The highest BCUT2D eigenvalue weighted by Crippen LogP contribution is 2.25. The first-order valence-corrected chi connectivity index (χ1v) is 14.9. The van der Waals surface area contributed by atoms with Crippen molar-refractivity contribution in [2.24, 2.45) is 0 Å². The van der Waals surface area contributed by atoms with Gasteiger partial charge in [-0.15, -0.1) is 0 Å². The Morgan fingerprint density at radius 3 is 1.49 bits per heavy atom. The van der Waals surface area contributed by atoms with Gasteiger partial charge in [0.2, 0.25) is 5.91 Å². The van der Waals surface area contributed by atoms with Crippen molar-refractivity contribution in [1.29, 1.82) is 0 Å². The van der Waals surface area contributed by atoms with Crippen LogP contribution in [0.3, 0.4) is 0 Å². The van der Waals surface area contributed by atoms with Crippen LogP contribution in [0.25, 0.3) is 10.8 Å². The molecule has 17 heteroatoms. The van der Waals surface area contributed by atoms with Crippen molar-refractivity contribution in [3.8, 4) is 5.75 Å². The number of hydrogen-bond acceptors (Lipinski definition) is 11. The van der Waals surface area contributed by atoms with Gasteiger partial charge in [0.15, 0.2) is 0 Å². The molecule has 47 heavy (non-hydrogen) atoms. The van der Waals surface area contributed by atoms with Crippen molar-refractivity contribution in [2.75, 3.05) is 92.2 Å². The molecule has 0 aliphatic carbocycles. The Morgan fingerprint density at radius 2 is 1.06 bits per heavy atom. The van der Waals surface area contributed by atoms with Crippen LogP contribution in [-0.2, 0) is 24.0 Å². The average molecular weight is 660 g/mol. The number of carboxylic acids is 3. The van der Waals surface area contributed by atoms with Crippen LogP contribution in [0.1, 0.15) is 10.4 Å². The maximum atomic E-state index is 12.8. The summed E-state index contributed by atoms with van der Waals surface area (Å²) in [5.41, 5.74) is 4.78. The Kier molecular flexibility index (Phi) is 14.3. The summed E-state index contributed by atoms with van der Waals surface area (Å²) in [5, 5.41) is 32.2. The molecule has 0 saturated carbocycles. The summed E-state index contributed by atoms with van der Waals surface area (Å²) in [5.74, 6) is -4.67. The molecule has 1 aliphatic rings. The van der Waals surface area contributed by atoms with E-state index >= 15 is 0 Å². The second-order valence-corrected chi connectivity index (χ2v) is 11.0. The Morgan fingerprint density at radius 1 is 0.638 bits per heavy atom. The molecule has 0 atom stereocenters. The molecule has 0 radical (unpaired) electrons. The minimum Gasteiger partial charge on any atom is -0.496 e. The highest BCUT2D eigenvalue weighted by atomic mass is 16.5. The zero-order valence-corrected chi connectivity index (χ0v) is 26.1. The van der Waals surface area contributed by atoms with Crippen LogP contribution >= 0.6 is 0 Å². The van der Waals surface area contributed by atoms with Crippen LogP contribution in [0.2, 0.25) is 0 Å². The number of nitrogens with zero attached hydrogens (tertiary/aromatic N) is 4. The number of hydrogen-bond donors (Lipinski definition) is 6. The summed E-state index contributed by atoms with van der Waals surface area (Å²) in [6.07, 6.45) is 0. The molecule has 256 valence electrons. The Balaban J connectivity index is 1.57. The van der Waals surface area contributed by atoms with Gasteiger partial charge < -0.3 is 25.4 Å². The lowest BCUT2D eigenvalue weighted by Crippen LogP contribution is -2.51. The highest BCUT2D eigenvalue weighted by Gasteiger charge is 2.21. The molecule has 3 rings (SSSR count). The summed E-state index contributed by atoms with van der Waals surface area (Å²) < 4.78 is 5.32. The lowest BCUT2D eigenvalue weighted by atomic mass is 10.1.